The maximum atomic E-state index is 13.8. The van der Waals surface area contributed by atoms with Gasteiger partial charge in [0.2, 0.25) is 5.95 Å². The Balaban J connectivity index is 1.45. The molecule has 0 saturated carbocycles. The first-order valence-electron chi connectivity index (χ1n) is 10.3. The molecule has 2 heterocycles. The van der Waals surface area contributed by atoms with Crippen LogP contribution in [0.3, 0.4) is 0 Å². The van der Waals surface area contributed by atoms with E-state index >= 15 is 0 Å². The molecule has 1 aliphatic heterocycles. The molecular formula is C23H22F3N5O. The minimum absolute atomic E-state index is 0.365. The molecule has 0 bridgehead atoms. The summed E-state index contributed by atoms with van der Waals surface area (Å²) in [6, 6.07) is 10.2. The summed E-state index contributed by atoms with van der Waals surface area (Å²) >= 11 is 0. The highest BCUT2D eigenvalue weighted by Crippen LogP contribution is 2.23. The van der Waals surface area contributed by atoms with E-state index in [9.17, 15) is 18.0 Å². The first-order valence-corrected chi connectivity index (χ1v) is 10.3. The van der Waals surface area contributed by atoms with Crippen molar-refractivity contribution in [1.82, 2.24) is 9.97 Å². The van der Waals surface area contributed by atoms with Crippen LogP contribution in [0.5, 0.6) is 0 Å². The highest BCUT2D eigenvalue weighted by molar-refractivity contribution is 6.04. The van der Waals surface area contributed by atoms with Crippen molar-refractivity contribution in [3.8, 4) is 0 Å². The molecule has 0 atom stereocenters. The van der Waals surface area contributed by atoms with E-state index in [1.54, 1.807) is 24.3 Å². The van der Waals surface area contributed by atoms with Gasteiger partial charge in [-0.1, -0.05) is 0 Å². The minimum Gasteiger partial charge on any atom is -0.356 e. The van der Waals surface area contributed by atoms with E-state index in [2.05, 4.69) is 25.5 Å². The Kier molecular flexibility index (Phi) is 6.25. The van der Waals surface area contributed by atoms with Crippen LogP contribution < -0.4 is 15.5 Å². The molecule has 1 aliphatic rings. The van der Waals surface area contributed by atoms with Gasteiger partial charge in [0, 0.05) is 36.2 Å². The summed E-state index contributed by atoms with van der Waals surface area (Å²) in [5.41, 5.74) is 1.33. The van der Waals surface area contributed by atoms with E-state index in [0.29, 0.717) is 23.4 Å². The Morgan fingerprint density at radius 2 is 1.59 bits per heavy atom. The summed E-state index contributed by atoms with van der Waals surface area (Å²) in [4.78, 5) is 23.5. The van der Waals surface area contributed by atoms with E-state index in [-0.39, 0.29) is 0 Å². The van der Waals surface area contributed by atoms with Gasteiger partial charge in [0.1, 0.15) is 5.82 Å². The molecule has 3 aromatic rings. The lowest BCUT2D eigenvalue weighted by Crippen LogP contribution is -2.30. The van der Waals surface area contributed by atoms with Gasteiger partial charge < -0.3 is 15.5 Å². The van der Waals surface area contributed by atoms with Gasteiger partial charge in [0.05, 0.1) is 5.56 Å². The molecule has 6 nitrogen and oxygen atoms in total. The average molecular weight is 441 g/mol. The van der Waals surface area contributed by atoms with Crippen molar-refractivity contribution in [2.75, 3.05) is 28.6 Å². The lowest BCUT2D eigenvalue weighted by molar-refractivity contribution is 0.102. The summed E-state index contributed by atoms with van der Waals surface area (Å²) < 4.78 is 40.3. The van der Waals surface area contributed by atoms with Gasteiger partial charge in [-0.15, -0.1) is 0 Å². The van der Waals surface area contributed by atoms with E-state index in [0.717, 1.165) is 43.5 Å². The molecule has 0 aliphatic carbocycles. The maximum Gasteiger partial charge on any atom is 0.258 e. The van der Waals surface area contributed by atoms with Crippen molar-refractivity contribution in [2.24, 2.45) is 0 Å². The standard InChI is InChI=1S/C23H22F3N5O/c1-14-13-19(31-11-3-2-4-12-31)30-23(27-14)29-16-7-5-15(6-8-16)28-22(32)17-9-10-18(24)21(26)20(17)25/h5-10,13H,2-4,11-12H2,1H3,(H,28,32)(H,27,29,30). The van der Waals surface area contributed by atoms with Crippen molar-refractivity contribution in [2.45, 2.75) is 26.2 Å². The van der Waals surface area contributed by atoms with Gasteiger partial charge in [-0.05, 0) is 62.6 Å². The molecule has 2 aromatic carbocycles. The number of amides is 1. The largest absolute Gasteiger partial charge is 0.356 e. The van der Waals surface area contributed by atoms with Crippen LogP contribution in [0.1, 0.15) is 35.3 Å². The second-order valence-corrected chi connectivity index (χ2v) is 7.62. The molecule has 0 unspecified atom stereocenters. The number of nitrogens with one attached hydrogen (secondary N) is 2. The van der Waals surface area contributed by atoms with Crippen LogP contribution in [0.4, 0.5) is 36.3 Å². The third-order valence-corrected chi connectivity index (χ3v) is 5.20. The number of carbonyl (C=O) groups is 1. The van der Waals surface area contributed by atoms with Crippen LogP contribution in [0.25, 0.3) is 0 Å². The minimum atomic E-state index is -1.68. The zero-order valence-corrected chi connectivity index (χ0v) is 17.5. The SMILES string of the molecule is Cc1cc(N2CCCCC2)nc(Nc2ccc(NC(=O)c3ccc(F)c(F)c3F)cc2)n1. The average Bonchev–Trinajstić information content (AvgIpc) is 2.79. The summed E-state index contributed by atoms with van der Waals surface area (Å²) in [6.07, 6.45) is 3.53. The Morgan fingerprint density at radius 3 is 2.31 bits per heavy atom. The van der Waals surface area contributed by atoms with Crippen LogP contribution in [0.2, 0.25) is 0 Å². The summed E-state index contributed by atoms with van der Waals surface area (Å²) in [5, 5.41) is 5.61. The number of hydrogen-bond acceptors (Lipinski definition) is 5. The highest BCUT2D eigenvalue weighted by atomic mass is 19.2. The van der Waals surface area contributed by atoms with Gasteiger partial charge in [-0.2, -0.15) is 4.98 Å². The van der Waals surface area contributed by atoms with Gasteiger partial charge in [0.15, 0.2) is 17.5 Å². The topological polar surface area (TPSA) is 70.2 Å². The molecule has 4 rings (SSSR count). The monoisotopic (exact) mass is 441 g/mol. The highest BCUT2D eigenvalue weighted by Gasteiger charge is 2.19. The van der Waals surface area contributed by atoms with Gasteiger partial charge >= 0.3 is 0 Å². The first kappa shape index (κ1) is 21.6. The third-order valence-electron chi connectivity index (χ3n) is 5.20. The number of rotatable bonds is 5. The normalized spacial score (nSPS) is 13.7. The van der Waals surface area contributed by atoms with Crippen LogP contribution in [-0.4, -0.2) is 29.0 Å². The number of piperidine rings is 1. The quantitative estimate of drug-likeness (QED) is 0.534. The lowest BCUT2D eigenvalue weighted by Gasteiger charge is -2.28. The van der Waals surface area contributed by atoms with E-state index in [1.165, 1.54) is 6.42 Å². The number of hydrogen-bond donors (Lipinski definition) is 2. The molecule has 32 heavy (non-hydrogen) atoms. The van der Waals surface area contributed by atoms with Crippen molar-refractivity contribution in [1.29, 1.82) is 0 Å². The second-order valence-electron chi connectivity index (χ2n) is 7.62. The Bertz CT molecular complexity index is 1130. The zero-order valence-electron chi connectivity index (χ0n) is 17.5. The number of benzene rings is 2. The Morgan fingerprint density at radius 1 is 0.906 bits per heavy atom. The van der Waals surface area contributed by atoms with Crippen LogP contribution in [-0.2, 0) is 0 Å². The number of carbonyl (C=O) groups excluding carboxylic acids is 1. The lowest BCUT2D eigenvalue weighted by atomic mass is 10.1. The van der Waals surface area contributed by atoms with E-state index in [1.807, 2.05) is 13.0 Å². The fourth-order valence-corrected chi connectivity index (χ4v) is 3.56. The molecular weight excluding hydrogens is 419 g/mol. The fraction of sp³-hybridized carbons (Fsp3) is 0.261. The van der Waals surface area contributed by atoms with Gasteiger partial charge in [0.25, 0.3) is 5.91 Å². The Labute approximate surface area is 183 Å². The molecule has 0 radical (unpaired) electrons. The number of aryl methyl sites for hydroxylation is 1. The summed E-state index contributed by atoms with van der Waals surface area (Å²) in [6.45, 7) is 3.86. The summed E-state index contributed by atoms with van der Waals surface area (Å²) in [5.74, 6) is -4.09. The molecule has 1 amide bonds. The summed E-state index contributed by atoms with van der Waals surface area (Å²) in [7, 11) is 0. The van der Waals surface area contributed by atoms with Crippen molar-refractivity contribution in [3.05, 3.63) is 71.2 Å². The number of aromatic nitrogens is 2. The van der Waals surface area contributed by atoms with Crippen molar-refractivity contribution < 1.29 is 18.0 Å². The third kappa shape index (κ3) is 4.82. The van der Waals surface area contributed by atoms with Gasteiger partial charge in [-0.3, -0.25) is 4.79 Å². The van der Waals surface area contributed by atoms with Crippen LogP contribution in [0.15, 0.2) is 42.5 Å². The zero-order chi connectivity index (χ0) is 22.7. The molecule has 1 saturated heterocycles. The fourth-order valence-electron chi connectivity index (χ4n) is 3.56. The predicted octanol–water partition coefficient (Wildman–Crippen LogP) is 5.19. The number of halogens is 3. The molecule has 2 N–H and O–H groups in total. The second kappa shape index (κ2) is 9.25. The van der Waals surface area contributed by atoms with Gasteiger partial charge in [-0.25, -0.2) is 18.2 Å². The molecule has 0 spiro atoms. The van der Waals surface area contributed by atoms with Crippen LogP contribution in [0, 0.1) is 24.4 Å². The smallest absolute Gasteiger partial charge is 0.258 e. The van der Waals surface area contributed by atoms with Crippen molar-refractivity contribution in [3.63, 3.8) is 0 Å². The van der Waals surface area contributed by atoms with E-state index < -0.39 is 28.9 Å². The maximum absolute atomic E-state index is 13.8. The molecule has 166 valence electrons. The number of anilines is 4. The molecule has 9 heteroatoms. The molecule has 1 aromatic heterocycles. The molecule has 1 fully saturated rings. The number of nitrogens with zero attached hydrogens (tertiary/aromatic N) is 3. The Hall–Kier alpha value is -3.62. The predicted molar refractivity (Wildman–Crippen MR) is 117 cm³/mol. The van der Waals surface area contributed by atoms with E-state index in [4.69, 9.17) is 0 Å². The van der Waals surface area contributed by atoms with Crippen molar-refractivity contribution >= 4 is 29.0 Å². The first-order chi connectivity index (χ1) is 15.4. The van der Waals surface area contributed by atoms with Crippen LogP contribution >= 0.6 is 0 Å².